The van der Waals surface area contributed by atoms with Crippen LogP contribution in [-0.2, 0) is 6.18 Å². The van der Waals surface area contributed by atoms with Crippen molar-refractivity contribution in [1.82, 2.24) is 10.6 Å². The largest absolute Gasteiger partial charge is 0.416 e. The van der Waals surface area contributed by atoms with Gasteiger partial charge in [0.15, 0.2) is 0 Å². The molecule has 8 heteroatoms. The monoisotopic (exact) mass is 354 g/mol. The van der Waals surface area contributed by atoms with Crippen molar-refractivity contribution in [1.29, 1.82) is 0 Å². The lowest BCUT2D eigenvalue weighted by Gasteiger charge is -2.34. The molecule has 1 aromatic rings. The van der Waals surface area contributed by atoms with Crippen molar-refractivity contribution in [2.24, 2.45) is 5.41 Å². The van der Waals surface area contributed by atoms with E-state index in [4.69, 9.17) is 0 Å². The Labute approximate surface area is 138 Å². The maximum Gasteiger partial charge on any atom is 0.416 e. The van der Waals surface area contributed by atoms with E-state index in [9.17, 15) is 22.4 Å². The molecule has 0 radical (unpaired) electrons. The van der Waals surface area contributed by atoms with Gasteiger partial charge in [0.05, 0.1) is 11.1 Å². The van der Waals surface area contributed by atoms with Gasteiger partial charge in [0, 0.05) is 13.1 Å². The number of carbonyl (C=O) groups is 1. The van der Waals surface area contributed by atoms with Crippen molar-refractivity contribution >= 4 is 18.3 Å². The van der Waals surface area contributed by atoms with E-state index in [1.807, 2.05) is 6.92 Å². The molecule has 0 saturated carbocycles. The highest BCUT2D eigenvalue weighted by Crippen LogP contribution is 2.30. The number of hydrogen-bond donors (Lipinski definition) is 2. The predicted molar refractivity (Wildman–Crippen MR) is 81.2 cm³/mol. The second kappa shape index (κ2) is 7.49. The van der Waals surface area contributed by atoms with Crippen LogP contribution in [0.4, 0.5) is 17.6 Å². The maximum atomic E-state index is 13.6. The fourth-order valence-corrected chi connectivity index (χ4v) is 2.53. The zero-order valence-electron chi connectivity index (χ0n) is 12.6. The number of hydrogen-bond acceptors (Lipinski definition) is 2. The van der Waals surface area contributed by atoms with Crippen LogP contribution in [0.1, 0.15) is 35.7 Å². The average Bonchev–Trinajstić information content (AvgIpc) is 2.45. The number of amides is 1. The van der Waals surface area contributed by atoms with Gasteiger partial charge in [0.25, 0.3) is 5.91 Å². The molecule has 1 saturated heterocycles. The Morgan fingerprint density at radius 3 is 2.65 bits per heavy atom. The predicted octanol–water partition coefficient (Wildman–Crippen LogP) is 3.39. The van der Waals surface area contributed by atoms with Crippen LogP contribution < -0.4 is 10.6 Å². The van der Waals surface area contributed by atoms with Crippen LogP contribution in [0.5, 0.6) is 0 Å². The van der Waals surface area contributed by atoms with Gasteiger partial charge in [0.1, 0.15) is 5.82 Å². The third kappa shape index (κ3) is 5.07. The molecule has 1 unspecified atom stereocenters. The Balaban J connectivity index is 0.00000264. The molecular formula is C15H19ClF4N2O. The van der Waals surface area contributed by atoms with E-state index in [1.165, 1.54) is 0 Å². The molecule has 0 aromatic heterocycles. The summed E-state index contributed by atoms with van der Waals surface area (Å²) in [6, 6.07) is 1.84. The van der Waals surface area contributed by atoms with Crippen LogP contribution in [0.15, 0.2) is 18.2 Å². The van der Waals surface area contributed by atoms with Crippen molar-refractivity contribution in [3.8, 4) is 0 Å². The second-order valence-corrected chi connectivity index (χ2v) is 5.97. The first-order valence-corrected chi connectivity index (χ1v) is 7.07. The lowest BCUT2D eigenvalue weighted by Crippen LogP contribution is -2.45. The van der Waals surface area contributed by atoms with Gasteiger partial charge in [-0.2, -0.15) is 13.2 Å². The molecule has 2 rings (SSSR count). The first-order valence-electron chi connectivity index (χ1n) is 7.07. The summed E-state index contributed by atoms with van der Waals surface area (Å²) in [6.45, 7) is 3.88. The molecule has 1 fully saturated rings. The molecule has 1 aliphatic rings. The van der Waals surface area contributed by atoms with Crippen molar-refractivity contribution in [2.45, 2.75) is 25.9 Å². The molecule has 23 heavy (non-hydrogen) atoms. The van der Waals surface area contributed by atoms with Gasteiger partial charge in [-0.3, -0.25) is 4.79 Å². The molecule has 1 atom stereocenters. The van der Waals surface area contributed by atoms with Crippen LogP contribution in [0.3, 0.4) is 0 Å². The summed E-state index contributed by atoms with van der Waals surface area (Å²) in [5, 5.41) is 5.75. The number of nitrogens with one attached hydrogen (secondary N) is 2. The summed E-state index contributed by atoms with van der Waals surface area (Å²) >= 11 is 0. The van der Waals surface area contributed by atoms with Gasteiger partial charge >= 0.3 is 6.18 Å². The fraction of sp³-hybridized carbons (Fsp3) is 0.533. The third-order valence-corrected chi connectivity index (χ3v) is 3.90. The highest BCUT2D eigenvalue weighted by molar-refractivity contribution is 5.94. The minimum absolute atomic E-state index is 0. The molecule has 1 amide bonds. The maximum absolute atomic E-state index is 13.6. The lowest BCUT2D eigenvalue weighted by molar-refractivity contribution is -0.137. The van der Waals surface area contributed by atoms with Crippen molar-refractivity contribution in [3.05, 3.63) is 35.1 Å². The Morgan fingerprint density at radius 2 is 2.09 bits per heavy atom. The first kappa shape index (κ1) is 19.7. The molecular weight excluding hydrogens is 336 g/mol. The molecule has 0 spiro atoms. The average molecular weight is 355 g/mol. The van der Waals surface area contributed by atoms with Gasteiger partial charge in [0.2, 0.25) is 0 Å². The molecule has 1 aliphatic heterocycles. The second-order valence-electron chi connectivity index (χ2n) is 5.97. The summed E-state index contributed by atoms with van der Waals surface area (Å²) in [6.07, 6.45) is -2.75. The quantitative estimate of drug-likeness (QED) is 0.817. The van der Waals surface area contributed by atoms with E-state index in [0.29, 0.717) is 24.7 Å². The molecule has 0 aliphatic carbocycles. The van der Waals surface area contributed by atoms with E-state index in [-0.39, 0.29) is 24.4 Å². The number of halogens is 5. The van der Waals surface area contributed by atoms with Gasteiger partial charge < -0.3 is 10.6 Å². The van der Waals surface area contributed by atoms with Gasteiger partial charge in [-0.1, -0.05) is 6.92 Å². The van der Waals surface area contributed by atoms with Crippen LogP contribution in [0.25, 0.3) is 0 Å². The van der Waals surface area contributed by atoms with Crippen LogP contribution >= 0.6 is 12.4 Å². The summed E-state index contributed by atoms with van der Waals surface area (Å²) in [7, 11) is 0. The molecule has 0 bridgehead atoms. The smallest absolute Gasteiger partial charge is 0.351 e. The lowest BCUT2D eigenvalue weighted by atomic mass is 9.83. The van der Waals surface area contributed by atoms with Crippen LogP contribution in [0, 0.1) is 11.2 Å². The van der Waals surface area contributed by atoms with E-state index >= 15 is 0 Å². The summed E-state index contributed by atoms with van der Waals surface area (Å²) in [5.74, 6) is -1.78. The van der Waals surface area contributed by atoms with Gasteiger partial charge in [-0.05, 0) is 43.0 Å². The topological polar surface area (TPSA) is 41.1 Å². The minimum Gasteiger partial charge on any atom is -0.351 e. The molecule has 1 aromatic carbocycles. The standard InChI is InChI=1S/C15H18F4N2O.ClH/c1-14(5-2-6-20-8-14)9-21-13(22)11-7-10(15(17,18)19)3-4-12(11)16;/h3-4,7,20H,2,5-6,8-9H2,1H3,(H,21,22);1H. The van der Waals surface area contributed by atoms with Crippen molar-refractivity contribution in [3.63, 3.8) is 0 Å². The Bertz CT molecular complexity index is 557. The van der Waals surface area contributed by atoms with Gasteiger partial charge in [-0.15, -0.1) is 12.4 Å². The first-order chi connectivity index (χ1) is 10.2. The number of alkyl halides is 3. The number of benzene rings is 1. The summed E-state index contributed by atoms with van der Waals surface area (Å²) in [4.78, 5) is 12.0. The molecule has 130 valence electrons. The fourth-order valence-electron chi connectivity index (χ4n) is 2.53. The van der Waals surface area contributed by atoms with Gasteiger partial charge in [-0.25, -0.2) is 4.39 Å². The number of carbonyl (C=O) groups excluding carboxylic acids is 1. The van der Waals surface area contributed by atoms with E-state index in [1.54, 1.807) is 0 Å². The normalized spacial score (nSPS) is 21.4. The Morgan fingerprint density at radius 1 is 1.39 bits per heavy atom. The Hall–Kier alpha value is -1.34. The minimum atomic E-state index is -4.61. The van der Waals surface area contributed by atoms with E-state index in [0.717, 1.165) is 19.4 Å². The van der Waals surface area contributed by atoms with E-state index in [2.05, 4.69) is 10.6 Å². The molecule has 3 nitrogen and oxygen atoms in total. The summed E-state index contributed by atoms with van der Waals surface area (Å²) < 4.78 is 51.5. The Kier molecular flexibility index (Phi) is 6.41. The van der Waals surface area contributed by atoms with E-state index < -0.39 is 29.0 Å². The molecule has 1 heterocycles. The third-order valence-electron chi connectivity index (χ3n) is 3.90. The zero-order valence-corrected chi connectivity index (χ0v) is 13.4. The SMILES string of the molecule is CC1(CNC(=O)c2cc(C(F)(F)F)ccc2F)CCCNC1.Cl. The molecule has 2 N–H and O–H groups in total. The van der Waals surface area contributed by atoms with Crippen molar-refractivity contribution in [2.75, 3.05) is 19.6 Å². The summed E-state index contributed by atoms with van der Waals surface area (Å²) in [5.41, 5.74) is -1.79. The zero-order chi connectivity index (χ0) is 16.4. The number of rotatable bonds is 3. The van der Waals surface area contributed by atoms with Crippen molar-refractivity contribution < 1.29 is 22.4 Å². The highest BCUT2D eigenvalue weighted by Gasteiger charge is 2.32. The number of piperidine rings is 1. The highest BCUT2D eigenvalue weighted by atomic mass is 35.5. The van der Waals surface area contributed by atoms with Crippen LogP contribution in [0.2, 0.25) is 0 Å². The van der Waals surface area contributed by atoms with Crippen LogP contribution in [-0.4, -0.2) is 25.5 Å².